The smallest absolute Gasteiger partial charge is 0.274 e. The van der Waals surface area contributed by atoms with E-state index in [9.17, 15) is 9.59 Å². The summed E-state index contributed by atoms with van der Waals surface area (Å²) >= 11 is 0. The first-order valence-electron chi connectivity index (χ1n) is 11.2. The molecule has 1 aromatic heterocycles. The molecule has 0 radical (unpaired) electrons. The minimum absolute atomic E-state index is 0.0599. The van der Waals surface area contributed by atoms with Crippen molar-refractivity contribution in [3.8, 4) is 22.8 Å². The first-order valence-corrected chi connectivity index (χ1v) is 11.2. The van der Waals surface area contributed by atoms with Crippen LogP contribution in [0.3, 0.4) is 0 Å². The molecule has 1 saturated carbocycles. The third-order valence-electron chi connectivity index (χ3n) is 5.43. The van der Waals surface area contributed by atoms with Crippen molar-refractivity contribution in [2.24, 2.45) is 0 Å². The molecule has 5 rings (SSSR count). The first-order chi connectivity index (χ1) is 16.6. The van der Waals surface area contributed by atoms with Gasteiger partial charge in [-0.1, -0.05) is 36.4 Å². The summed E-state index contributed by atoms with van der Waals surface area (Å²) in [7, 11) is 0. The number of rotatable bonds is 7. The van der Waals surface area contributed by atoms with Crippen LogP contribution in [0.15, 0.2) is 97.1 Å². The van der Waals surface area contributed by atoms with Crippen LogP contribution in [-0.4, -0.2) is 22.8 Å². The molecule has 0 atom stereocenters. The Morgan fingerprint density at radius 1 is 0.735 bits per heavy atom. The van der Waals surface area contributed by atoms with Gasteiger partial charge in [-0.05, 0) is 73.5 Å². The Bertz CT molecular complexity index is 1300. The SMILES string of the molecule is O=C(NC1CC1)c1ccc(-c2cccc(C(=O)Nc3ccc(Oc4ccccc4)cc3)n2)cc1. The third kappa shape index (κ3) is 5.30. The van der Waals surface area contributed by atoms with Crippen LogP contribution < -0.4 is 15.4 Å². The minimum Gasteiger partial charge on any atom is -0.457 e. The van der Waals surface area contributed by atoms with E-state index in [1.54, 1.807) is 48.5 Å². The number of amides is 2. The van der Waals surface area contributed by atoms with Gasteiger partial charge in [-0.2, -0.15) is 0 Å². The van der Waals surface area contributed by atoms with Crippen molar-refractivity contribution in [1.29, 1.82) is 0 Å². The molecule has 0 spiro atoms. The van der Waals surface area contributed by atoms with Gasteiger partial charge in [0.1, 0.15) is 17.2 Å². The van der Waals surface area contributed by atoms with E-state index in [1.165, 1.54) is 0 Å². The van der Waals surface area contributed by atoms with Crippen molar-refractivity contribution in [3.63, 3.8) is 0 Å². The molecule has 2 N–H and O–H groups in total. The molecule has 2 amide bonds. The number of ether oxygens (including phenoxy) is 1. The van der Waals surface area contributed by atoms with E-state index in [2.05, 4.69) is 15.6 Å². The van der Waals surface area contributed by atoms with E-state index in [0.717, 1.165) is 24.2 Å². The standard InChI is InChI=1S/C28H23N3O3/c32-27(29-21-13-14-21)20-11-9-19(10-12-20)25-7-4-8-26(31-25)28(33)30-22-15-17-24(18-16-22)34-23-5-2-1-3-6-23/h1-12,15-18,21H,13-14H2,(H,29,32)(H,30,33). The lowest BCUT2D eigenvalue weighted by Gasteiger charge is -2.09. The number of carbonyl (C=O) groups excluding carboxylic acids is 2. The lowest BCUT2D eigenvalue weighted by atomic mass is 10.1. The van der Waals surface area contributed by atoms with Gasteiger partial charge in [-0.25, -0.2) is 4.98 Å². The van der Waals surface area contributed by atoms with Crippen molar-refractivity contribution in [2.45, 2.75) is 18.9 Å². The summed E-state index contributed by atoms with van der Waals surface area (Å²) in [6.45, 7) is 0. The average molecular weight is 450 g/mol. The number of nitrogens with zero attached hydrogens (tertiary/aromatic N) is 1. The first kappa shape index (κ1) is 21.4. The number of para-hydroxylation sites is 1. The number of hydrogen-bond acceptors (Lipinski definition) is 4. The molecule has 0 bridgehead atoms. The Morgan fingerprint density at radius 2 is 1.44 bits per heavy atom. The molecule has 6 heteroatoms. The second-order valence-corrected chi connectivity index (χ2v) is 8.13. The Hall–Kier alpha value is -4.45. The van der Waals surface area contributed by atoms with Gasteiger partial charge in [0.2, 0.25) is 0 Å². The summed E-state index contributed by atoms with van der Waals surface area (Å²) in [5.41, 5.74) is 3.05. The van der Waals surface area contributed by atoms with Crippen LogP contribution in [0.5, 0.6) is 11.5 Å². The Morgan fingerprint density at radius 3 is 2.15 bits per heavy atom. The molecule has 1 heterocycles. The summed E-state index contributed by atoms with van der Waals surface area (Å²) in [4.78, 5) is 29.5. The quantitative estimate of drug-likeness (QED) is 0.380. The number of hydrogen-bond donors (Lipinski definition) is 2. The van der Waals surface area contributed by atoms with E-state index < -0.39 is 0 Å². The number of carbonyl (C=O) groups is 2. The van der Waals surface area contributed by atoms with Crippen LogP contribution in [0.2, 0.25) is 0 Å². The van der Waals surface area contributed by atoms with Crippen LogP contribution in [0.25, 0.3) is 11.3 Å². The zero-order valence-electron chi connectivity index (χ0n) is 18.4. The van der Waals surface area contributed by atoms with Gasteiger partial charge in [-0.15, -0.1) is 0 Å². The number of pyridine rings is 1. The highest BCUT2D eigenvalue weighted by Gasteiger charge is 2.23. The van der Waals surface area contributed by atoms with Gasteiger partial charge in [0, 0.05) is 22.9 Å². The molecule has 6 nitrogen and oxygen atoms in total. The summed E-state index contributed by atoms with van der Waals surface area (Å²) in [6.07, 6.45) is 2.10. The fourth-order valence-corrected chi connectivity index (χ4v) is 3.44. The van der Waals surface area contributed by atoms with Crippen molar-refractivity contribution in [2.75, 3.05) is 5.32 Å². The summed E-state index contributed by atoms with van der Waals surface area (Å²) < 4.78 is 5.78. The molecule has 3 aromatic carbocycles. The fourth-order valence-electron chi connectivity index (χ4n) is 3.44. The number of benzene rings is 3. The second kappa shape index (κ2) is 9.58. The van der Waals surface area contributed by atoms with E-state index in [4.69, 9.17) is 4.74 Å². The second-order valence-electron chi connectivity index (χ2n) is 8.13. The highest BCUT2D eigenvalue weighted by molar-refractivity contribution is 6.03. The van der Waals surface area contributed by atoms with Crippen molar-refractivity contribution < 1.29 is 14.3 Å². The van der Waals surface area contributed by atoms with Crippen LogP contribution in [0.1, 0.15) is 33.7 Å². The number of anilines is 1. The number of aromatic nitrogens is 1. The van der Waals surface area contributed by atoms with Gasteiger partial charge in [0.15, 0.2) is 0 Å². The van der Waals surface area contributed by atoms with Crippen LogP contribution in [0, 0.1) is 0 Å². The molecule has 0 saturated heterocycles. The molecule has 4 aromatic rings. The minimum atomic E-state index is -0.306. The normalized spacial score (nSPS) is 12.6. The molecule has 1 aliphatic carbocycles. The molecule has 1 fully saturated rings. The third-order valence-corrected chi connectivity index (χ3v) is 5.43. The van der Waals surface area contributed by atoms with E-state index >= 15 is 0 Å². The van der Waals surface area contributed by atoms with Gasteiger partial charge < -0.3 is 15.4 Å². The van der Waals surface area contributed by atoms with Gasteiger partial charge >= 0.3 is 0 Å². The summed E-state index contributed by atoms with van der Waals surface area (Å²) in [5, 5.41) is 5.84. The topological polar surface area (TPSA) is 80.3 Å². The molecule has 0 aliphatic heterocycles. The van der Waals surface area contributed by atoms with Crippen LogP contribution in [0.4, 0.5) is 5.69 Å². The maximum Gasteiger partial charge on any atom is 0.274 e. The maximum absolute atomic E-state index is 12.8. The predicted octanol–water partition coefficient (Wildman–Crippen LogP) is 5.69. The lowest BCUT2D eigenvalue weighted by Crippen LogP contribution is -2.25. The zero-order chi connectivity index (χ0) is 23.3. The monoisotopic (exact) mass is 449 g/mol. The summed E-state index contributed by atoms with van der Waals surface area (Å²) in [5.74, 6) is 1.06. The molecule has 1 aliphatic rings. The van der Waals surface area contributed by atoms with Crippen molar-refractivity contribution >= 4 is 17.5 Å². The maximum atomic E-state index is 12.8. The van der Waals surface area contributed by atoms with Gasteiger partial charge in [0.05, 0.1) is 5.69 Å². The van der Waals surface area contributed by atoms with E-state index in [1.807, 2.05) is 48.5 Å². The fraction of sp³-hybridized carbons (Fsp3) is 0.107. The molecule has 34 heavy (non-hydrogen) atoms. The highest BCUT2D eigenvalue weighted by atomic mass is 16.5. The van der Waals surface area contributed by atoms with E-state index in [0.29, 0.717) is 34.4 Å². The largest absolute Gasteiger partial charge is 0.457 e. The molecule has 0 unspecified atom stereocenters. The van der Waals surface area contributed by atoms with Gasteiger partial charge in [0.25, 0.3) is 11.8 Å². The Balaban J connectivity index is 1.24. The van der Waals surface area contributed by atoms with Crippen molar-refractivity contribution in [1.82, 2.24) is 10.3 Å². The molecule has 168 valence electrons. The molecular formula is C28H23N3O3. The molecular weight excluding hydrogens is 426 g/mol. The average Bonchev–Trinajstić information content (AvgIpc) is 3.70. The summed E-state index contributed by atoms with van der Waals surface area (Å²) in [6, 6.07) is 29.5. The van der Waals surface area contributed by atoms with Crippen LogP contribution >= 0.6 is 0 Å². The van der Waals surface area contributed by atoms with Crippen molar-refractivity contribution in [3.05, 3.63) is 108 Å². The predicted molar refractivity (Wildman–Crippen MR) is 131 cm³/mol. The lowest BCUT2D eigenvalue weighted by molar-refractivity contribution is 0.0950. The Kier molecular flexibility index (Phi) is 6.03. The zero-order valence-corrected chi connectivity index (χ0v) is 18.4. The Labute approximate surface area is 197 Å². The van der Waals surface area contributed by atoms with E-state index in [-0.39, 0.29) is 11.8 Å². The van der Waals surface area contributed by atoms with Gasteiger partial charge in [-0.3, -0.25) is 9.59 Å². The van der Waals surface area contributed by atoms with Crippen LogP contribution in [-0.2, 0) is 0 Å². The highest BCUT2D eigenvalue weighted by Crippen LogP contribution is 2.24. The number of nitrogens with one attached hydrogen (secondary N) is 2.